The number of aryl methyl sites for hydroxylation is 1. The van der Waals surface area contributed by atoms with Gasteiger partial charge in [-0.25, -0.2) is 24.3 Å². The van der Waals surface area contributed by atoms with Crippen molar-refractivity contribution in [2.75, 3.05) is 11.1 Å². The Bertz CT molecular complexity index is 1720. The van der Waals surface area contributed by atoms with Crippen LogP contribution in [0, 0.1) is 24.6 Å². The second-order valence-electron chi connectivity index (χ2n) is 8.38. The normalized spacial score (nSPS) is 11.5. The van der Waals surface area contributed by atoms with E-state index in [9.17, 15) is 9.18 Å². The van der Waals surface area contributed by atoms with E-state index in [0.29, 0.717) is 39.5 Å². The van der Waals surface area contributed by atoms with E-state index < -0.39 is 11.9 Å². The minimum atomic E-state index is -0.476. The van der Waals surface area contributed by atoms with E-state index in [1.807, 2.05) is 56.3 Å². The van der Waals surface area contributed by atoms with Crippen LogP contribution >= 0.6 is 0 Å². The number of nitrogens with two attached hydrogens (primary N) is 1. The first kappa shape index (κ1) is 23.6. The number of nitrogens with one attached hydrogen (secondary N) is 1. The quantitative estimate of drug-likeness (QED) is 0.363. The molecule has 1 unspecified atom stereocenters. The van der Waals surface area contributed by atoms with Crippen LogP contribution in [0.3, 0.4) is 0 Å². The highest BCUT2D eigenvalue weighted by atomic mass is 19.1. The molecule has 3 N–H and O–H groups in total. The molecule has 37 heavy (non-hydrogen) atoms. The average molecular weight is 492 g/mol. The van der Waals surface area contributed by atoms with Gasteiger partial charge in [-0.1, -0.05) is 36.3 Å². The molecule has 0 saturated carbocycles. The molecule has 0 saturated heterocycles. The highest BCUT2D eigenvalue weighted by Gasteiger charge is 2.20. The van der Waals surface area contributed by atoms with Crippen molar-refractivity contribution < 1.29 is 4.39 Å². The van der Waals surface area contributed by atoms with E-state index in [4.69, 9.17) is 10.7 Å². The second-order valence-corrected chi connectivity index (χ2v) is 8.38. The maximum atomic E-state index is 13.7. The van der Waals surface area contributed by atoms with Crippen molar-refractivity contribution in [1.29, 1.82) is 0 Å². The summed E-state index contributed by atoms with van der Waals surface area (Å²) < 4.78 is 14.8. The summed E-state index contributed by atoms with van der Waals surface area (Å²) in [4.78, 5) is 30.9. The van der Waals surface area contributed by atoms with Crippen LogP contribution in [0.4, 0.5) is 16.0 Å². The number of hydrogen-bond acceptors (Lipinski definition) is 7. The zero-order valence-electron chi connectivity index (χ0n) is 20.1. The first-order chi connectivity index (χ1) is 17.9. The van der Waals surface area contributed by atoms with Crippen molar-refractivity contribution >= 4 is 22.5 Å². The van der Waals surface area contributed by atoms with Gasteiger partial charge in [0.2, 0.25) is 0 Å². The molecule has 3 aromatic heterocycles. The molecule has 0 fully saturated rings. The van der Waals surface area contributed by atoms with Crippen molar-refractivity contribution in [3.63, 3.8) is 0 Å². The van der Waals surface area contributed by atoms with Crippen LogP contribution < -0.4 is 16.6 Å². The van der Waals surface area contributed by atoms with Crippen LogP contribution in [-0.2, 0) is 0 Å². The van der Waals surface area contributed by atoms with Gasteiger partial charge in [0.1, 0.15) is 40.9 Å². The third kappa shape index (κ3) is 4.73. The summed E-state index contributed by atoms with van der Waals surface area (Å²) in [5, 5.41) is 3.83. The highest BCUT2D eigenvalue weighted by Crippen LogP contribution is 2.25. The molecule has 0 aliphatic carbocycles. The number of hydrogen-bond donors (Lipinski definition) is 2. The number of rotatable bonds is 4. The molecule has 182 valence electrons. The molecule has 0 aliphatic rings. The van der Waals surface area contributed by atoms with Gasteiger partial charge in [0.25, 0.3) is 5.56 Å². The lowest BCUT2D eigenvalue weighted by Gasteiger charge is -2.21. The van der Waals surface area contributed by atoms with E-state index in [1.165, 1.54) is 18.5 Å². The van der Waals surface area contributed by atoms with Gasteiger partial charge < -0.3 is 11.1 Å². The Hall–Kier alpha value is -5.10. The number of aromatic nitrogens is 5. The Kier molecular flexibility index (Phi) is 6.31. The van der Waals surface area contributed by atoms with Crippen molar-refractivity contribution in [3.05, 3.63) is 112 Å². The van der Waals surface area contributed by atoms with Crippen LogP contribution in [0.25, 0.3) is 16.6 Å². The fourth-order valence-corrected chi connectivity index (χ4v) is 3.96. The molecule has 3 heterocycles. The lowest BCUT2D eigenvalue weighted by Crippen LogP contribution is -2.27. The Morgan fingerprint density at radius 1 is 1.00 bits per heavy atom. The number of benzene rings is 2. The van der Waals surface area contributed by atoms with Crippen molar-refractivity contribution in [3.8, 4) is 17.5 Å². The van der Waals surface area contributed by atoms with E-state index in [0.717, 1.165) is 11.8 Å². The fourth-order valence-electron chi connectivity index (χ4n) is 3.96. The molecule has 0 spiro atoms. The van der Waals surface area contributed by atoms with E-state index in [-0.39, 0.29) is 11.4 Å². The summed E-state index contributed by atoms with van der Waals surface area (Å²) in [6.07, 6.45) is 2.42. The number of nitrogen functional groups attached to an aromatic ring is 1. The Balaban J connectivity index is 1.61. The van der Waals surface area contributed by atoms with E-state index in [1.54, 1.807) is 10.6 Å². The van der Waals surface area contributed by atoms with Gasteiger partial charge in [-0.3, -0.25) is 9.36 Å². The smallest absolute Gasteiger partial charge is 0.266 e. The van der Waals surface area contributed by atoms with Gasteiger partial charge >= 0.3 is 0 Å². The Morgan fingerprint density at radius 3 is 2.57 bits per heavy atom. The number of fused-ring (bicyclic) bond motifs is 1. The SMILES string of the molecule is Cc1cccc2c(=O)n(-c3ccccc3)c(C(C)Nc3ncnc(N)c3C#Cc3ccc(F)cn3)nc12. The van der Waals surface area contributed by atoms with Crippen LogP contribution in [0.15, 0.2) is 78.0 Å². The molecular weight excluding hydrogens is 469 g/mol. The first-order valence-corrected chi connectivity index (χ1v) is 11.5. The van der Waals surface area contributed by atoms with E-state index in [2.05, 4.69) is 32.1 Å². The molecule has 0 bridgehead atoms. The minimum Gasteiger partial charge on any atom is -0.382 e. The summed E-state index contributed by atoms with van der Waals surface area (Å²) in [5.74, 6) is 6.38. The second kappa shape index (κ2) is 9.87. The van der Waals surface area contributed by atoms with Crippen molar-refractivity contribution in [2.24, 2.45) is 0 Å². The molecule has 1 atom stereocenters. The van der Waals surface area contributed by atoms with Gasteiger partial charge in [0, 0.05) is 0 Å². The van der Waals surface area contributed by atoms with Crippen LogP contribution in [0.5, 0.6) is 0 Å². The lowest BCUT2D eigenvalue weighted by atomic mass is 10.1. The predicted octanol–water partition coefficient (Wildman–Crippen LogP) is 4.17. The first-order valence-electron chi connectivity index (χ1n) is 11.5. The monoisotopic (exact) mass is 491 g/mol. The van der Waals surface area contributed by atoms with Gasteiger partial charge in [-0.15, -0.1) is 0 Å². The van der Waals surface area contributed by atoms with Gasteiger partial charge in [0.05, 0.1) is 28.8 Å². The summed E-state index contributed by atoms with van der Waals surface area (Å²) in [7, 11) is 0. The number of nitrogens with zero attached hydrogens (tertiary/aromatic N) is 5. The number of para-hydroxylation sites is 2. The average Bonchev–Trinajstić information content (AvgIpc) is 2.90. The third-order valence-electron chi connectivity index (χ3n) is 5.80. The molecule has 0 radical (unpaired) electrons. The van der Waals surface area contributed by atoms with Gasteiger partial charge in [-0.05, 0) is 55.7 Å². The number of pyridine rings is 1. The summed E-state index contributed by atoms with van der Waals surface area (Å²) in [6.45, 7) is 3.80. The van der Waals surface area contributed by atoms with Crippen LogP contribution in [0.2, 0.25) is 0 Å². The fraction of sp³-hybridized carbons (Fsp3) is 0.107. The third-order valence-corrected chi connectivity index (χ3v) is 5.80. The lowest BCUT2D eigenvalue weighted by molar-refractivity contribution is 0.621. The van der Waals surface area contributed by atoms with Crippen molar-refractivity contribution in [1.82, 2.24) is 24.5 Å². The largest absolute Gasteiger partial charge is 0.382 e. The molecule has 0 amide bonds. The molecule has 2 aromatic carbocycles. The maximum absolute atomic E-state index is 13.7. The predicted molar refractivity (Wildman–Crippen MR) is 141 cm³/mol. The molecule has 0 aliphatic heterocycles. The Morgan fingerprint density at radius 2 is 1.81 bits per heavy atom. The minimum absolute atomic E-state index is 0.169. The van der Waals surface area contributed by atoms with Gasteiger partial charge in [-0.2, -0.15) is 0 Å². The standard InChI is InChI=1S/C28H22FN7O/c1-17-7-6-10-22-24(17)35-27(36(28(22)37)21-8-4-3-5-9-21)18(2)34-26-23(25(30)32-16-33-26)14-13-20-12-11-19(29)15-31-20/h3-12,15-16,18H,1-2H3,(H3,30,32,33,34). The molecule has 9 heteroatoms. The number of anilines is 2. The summed E-state index contributed by atoms with van der Waals surface area (Å²) in [5.41, 5.74) is 8.89. The van der Waals surface area contributed by atoms with Crippen LogP contribution in [-0.4, -0.2) is 24.5 Å². The summed E-state index contributed by atoms with van der Waals surface area (Å²) >= 11 is 0. The molecule has 5 aromatic rings. The van der Waals surface area contributed by atoms with Crippen molar-refractivity contribution in [2.45, 2.75) is 19.9 Å². The summed E-state index contributed by atoms with van der Waals surface area (Å²) in [6, 6.07) is 17.2. The van der Waals surface area contributed by atoms with E-state index >= 15 is 0 Å². The molecular formula is C28H22FN7O. The molecule has 5 rings (SSSR count). The van der Waals surface area contributed by atoms with Crippen LogP contribution in [0.1, 0.15) is 35.6 Å². The molecule has 8 nitrogen and oxygen atoms in total. The zero-order valence-corrected chi connectivity index (χ0v) is 20.1. The zero-order chi connectivity index (χ0) is 25.9. The Labute approximate surface area is 212 Å². The number of halogens is 1. The maximum Gasteiger partial charge on any atom is 0.266 e. The van der Waals surface area contributed by atoms with Gasteiger partial charge in [0.15, 0.2) is 0 Å². The topological polar surface area (TPSA) is 112 Å². The highest BCUT2D eigenvalue weighted by molar-refractivity contribution is 5.81.